The lowest BCUT2D eigenvalue weighted by Gasteiger charge is -2.43. The number of fused-ring (bicyclic) bond motifs is 5. The van der Waals surface area contributed by atoms with Crippen molar-refractivity contribution >= 4 is 40.8 Å². The molecule has 0 aliphatic carbocycles. The minimum Gasteiger partial charge on any atom is -0.495 e. The van der Waals surface area contributed by atoms with Crippen LogP contribution in [-0.4, -0.2) is 109 Å². The highest BCUT2D eigenvalue weighted by atomic mass is 35.5. The number of benzene rings is 2. The molecule has 4 bridgehead atoms. The number of halogens is 4. The second kappa shape index (κ2) is 16.9. The number of amides is 2. The SMILES string of the molecule is COc1cc2cc(c1Cl)N(C)C(=O)C[C@H](OC(=O)[C@H](C)N(C)C(=O)c1ccc(N)c(C(F)(F)F)c1)[C@]1(C)O[C@H]1C[C@@H]1C[C@@](O)(NC(O)O1)[C@H](OC)/C=C/C=C(\C)C2. The normalized spacial score (nSPS) is 30.3. The van der Waals surface area contributed by atoms with E-state index in [0.717, 1.165) is 28.2 Å². The number of likely N-dealkylation sites (N-methyl/N-ethyl adjacent to an activating group) is 1. The molecule has 312 valence electrons. The van der Waals surface area contributed by atoms with E-state index < -0.39 is 89.8 Å². The number of rotatable bonds is 6. The second-order valence-electron chi connectivity index (χ2n) is 14.7. The van der Waals surface area contributed by atoms with Gasteiger partial charge in [0.15, 0.2) is 5.72 Å². The molecule has 3 heterocycles. The summed E-state index contributed by atoms with van der Waals surface area (Å²) >= 11 is 6.72. The number of carbonyl (C=O) groups is 3. The summed E-state index contributed by atoms with van der Waals surface area (Å²) in [6, 6.07) is 4.80. The number of aliphatic hydroxyl groups is 2. The number of alkyl halides is 3. The number of anilines is 2. The van der Waals surface area contributed by atoms with Gasteiger partial charge in [-0.15, -0.1) is 0 Å². The maximum absolute atomic E-state index is 14.1. The number of carbonyl (C=O) groups excluding carboxylic acids is 3. The van der Waals surface area contributed by atoms with Gasteiger partial charge in [0, 0.05) is 45.3 Å². The molecule has 2 saturated heterocycles. The predicted octanol–water partition coefficient (Wildman–Crippen LogP) is 4.34. The first-order chi connectivity index (χ1) is 26.6. The predicted molar refractivity (Wildman–Crippen MR) is 202 cm³/mol. The minimum atomic E-state index is -4.83. The van der Waals surface area contributed by atoms with Crippen molar-refractivity contribution in [3.05, 3.63) is 75.8 Å². The Labute approximate surface area is 333 Å². The van der Waals surface area contributed by atoms with Gasteiger partial charge in [-0.1, -0.05) is 35.4 Å². The van der Waals surface area contributed by atoms with Gasteiger partial charge in [-0.05, 0) is 63.1 Å². The van der Waals surface area contributed by atoms with Crippen LogP contribution in [0.2, 0.25) is 5.02 Å². The molecular weight excluding hydrogens is 777 g/mol. The van der Waals surface area contributed by atoms with Crippen LogP contribution in [0.15, 0.2) is 54.1 Å². The topological polar surface area (TPSA) is 186 Å². The molecule has 2 aromatic carbocycles. The van der Waals surface area contributed by atoms with Crippen molar-refractivity contribution in [2.24, 2.45) is 0 Å². The highest BCUT2D eigenvalue weighted by Crippen LogP contribution is 2.47. The molecule has 1 unspecified atom stereocenters. The number of nitrogens with two attached hydrogens (primary N) is 1. The Morgan fingerprint density at radius 3 is 2.56 bits per heavy atom. The van der Waals surface area contributed by atoms with Gasteiger partial charge in [-0.25, -0.2) is 10.1 Å². The molecule has 0 radical (unpaired) electrons. The summed E-state index contributed by atoms with van der Waals surface area (Å²) in [5, 5.41) is 25.1. The van der Waals surface area contributed by atoms with Crippen molar-refractivity contribution < 1.29 is 61.5 Å². The first-order valence-corrected chi connectivity index (χ1v) is 18.4. The van der Waals surface area contributed by atoms with Crippen LogP contribution in [-0.2, 0) is 41.1 Å². The van der Waals surface area contributed by atoms with Crippen molar-refractivity contribution in [3.8, 4) is 5.75 Å². The lowest BCUT2D eigenvalue weighted by atomic mass is 9.90. The number of epoxide rings is 1. The van der Waals surface area contributed by atoms with Crippen LogP contribution >= 0.6 is 11.6 Å². The number of esters is 1. The third-order valence-corrected chi connectivity index (χ3v) is 11.1. The van der Waals surface area contributed by atoms with Gasteiger partial charge in [0.25, 0.3) is 5.91 Å². The van der Waals surface area contributed by atoms with E-state index in [1.807, 2.05) is 13.0 Å². The summed E-state index contributed by atoms with van der Waals surface area (Å²) in [4.78, 5) is 43.5. The van der Waals surface area contributed by atoms with Crippen LogP contribution < -0.4 is 20.7 Å². The van der Waals surface area contributed by atoms with E-state index in [4.69, 9.17) is 41.0 Å². The molecule has 5 rings (SSSR count). The lowest BCUT2D eigenvalue weighted by Crippen LogP contribution is -2.64. The van der Waals surface area contributed by atoms with Crippen LogP contribution in [0.1, 0.15) is 61.5 Å². The van der Waals surface area contributed by atoms with Crippen LogP contribution in [0.4, 0.5) is 24.5 Å². The van der Waals surface area contributed by atoms with Gasteiger partial charge in [0.1, 0.15) is 34.6 Å². The Balaban J connectivity index is 1.49. The summed E-state index contributed by atoms with van der Waals surface area (Å²) in [6.07, 6.45) is -5.01. The van der Waals surface area contributed by atoms with E-state index in [0.29, 0.717) is 23.9 Å². The zero-order chi connectivity index (χ0) is 42.2. The number of nitrogens with zero attached hydrogens (tertiary/aromatic N) is 2. The maximum Gasteiger partial charge on any atom is 0.418 e. The molecule has 0 aromatic heterocycles. The molecule has 8 atom stereocenters. The van der Waals surface area contributed by atoms with Crippen molar-refractivity contribution in [2.45, 2.75) is 101 Å². The summed E-state index contributed by atoms with van der Waals surface area (Å²) in [7, 11) is 5.58. The van der Waals surface area contributed by atoms with E-state index >= 15 is 0 Å². The average Bonchev–Trinajstić information content (AvgIpc) is 3.80. The number of hydrogen-bond donors (Lipinski definition) is 4. The molecule has 0 spiro atoms. The van der Waals surface area contributed by atoms with Gasteiger partial charge in [0.05, 0.1) is 37.0 Å². The third-order valence-electron chi connectivity index (χ3n) is 10.7. The van der Waals surface area contributed by atoms with Gasteiger partial charge >= 0.3 is 12.1 Å². The zero-order valence-corrected chi connectivity index (χ0v) is 33.3. The van der Waals surface area contributed by atoms with Gasteiger partial charge < -0.3 is 49.4 Å². The van der Waals surface area contributed by atoms with Crippen LogP contribution in [0.3, 0.4) is 0 Å². The molecule has 2 fully saturated rings. The van der Waals surface area contributed by atoms with Crippen LogP contribution in [0, 0.1) is 0 Å². The monoisotopic (exact) mass is 824 g/mol. The highest BCUT2D eigenvalue weighted by molar-refractivity contribution is 6.35. The molecule has 0 saturated carbocycles. The smallest absolute Gasteiger partial charge is 0.418 e. The number of hydrogen-bond acceptors (Lipinski definition) is 12. The number of aliphatic hydroxyl groups excluding tert-OH is 1. The van der Waals surface area contributed by atoms with Gasteiger partial charge in [-0.2, -0.15) is 13.2 Å². The number of allylic oxidation sites excluding steroid dienone is 3. The fourth-order valence-corrected chi connectivity index (χ4v) is 7.38. The van der Waals surface area contributed by atoms with Crippen LogP contribution in [0.5, 0.6) is 5.75 Å². The third kappa shape index (κ3) is 9.57. The van der Waals surface area contributed by atoms with E-state index in [1.54, 1.807) is 31.2 Å². The molecular formula is C39H48ClF3N4O10. The second-order valence-corrected chi connectivity index (χ2v) is 15.1. The summed E-state index contributed by atoms with van der Waals surface area (Å²) in [6.45, 7) is 4.83. The Morgan fingerprint density at radius 1 is 1.21 bits per heavy atom. The van der Waals surface area contributed by atoms with E-state index in [-0.39, 0.29) is 23.4 Å². The average molecular weight is 825 g/mol. The van der Waals surface area contributed by atoms with E-state index in [2.05, 4.69) is 5.32 Å². The van der Waals surface area contributed by atoms with Crippen molar-refractivity contribution in [1.29, 1.82) is 0 Å². The highest BCUT2D eigenvalue weighted by Gasteiger charge is 2.61. The number of nitrogens with one attached hydrogen (secondary N) is 1. The molecule has 2 aromatic rings. The fourth-order valence-electron chi connectivity index (χ4n) is 7.07. The maximum atomic E-state index is 14.1. The summed E-state index contributed by atoms with van der Waals surface area (Å²) in [5.74, 6) is -2.13. The molecule has 5 N–H and O–H groups in total. The van der Waals surface area contributed by atoms with E-state index in [1.165, 1.54) is 40.1 Å². The first kappa shape index (κ1) is 43.9. The molecule has 3 aliphatic rings. The minimum absolute atomic E-state index is 0.0626. The summed E-state index contributed by atoms with van der Waals surface area (Å²) < 4.78 is 69.6. The largest absolute Gasteiger partial charge is 0.495 e. The standard InChI is InChI=1S/C39H48ClF3N4O10/c1-20-9-8-10-29(54-7)38(52)19-24(55-36(51)45-38)17-31-37(3,57-31)30(18-32(48)47(5)27-14-22(13-20)15-28(53-6)33(27)40)56-35(50)21(2)46(4)34(49)23-11-12-26(44)25(16-23)39(41,42)43/h8-12,14-16,21,24,29-31,36,45,51-52H,13,17-19,44H2,1-7H3/b10-8+,20-9+/t21-,24+,29+,30-,31-,36?,37-,38-/m0/s1. The van der Waals surface area contributed by atoms with Gasteiger partial charge in [0.2, 0.25) is 12.3 Å². The number of ether oxygens (including phenoxy) is 5. The van der Waals surface area contributed by atoms with Gasteiger partial charge in [-0.3, -0.25) is 9.59 Å². The Hall–Kier alpha value is -4.23. The number of nitrogen functional groups attached to an aromatic ring is 1. The zero-order valence-electron chi connectivity index (χ0n) is 32.6. The van der Waals surface area contributed by atoms with E-state index in [9.17, 15) is 37.8 Å². The summed E-state index contributed by atoms with van der Waals surface area (Å²) in [5.41, 5.74) is 2.20. The Bertz CT molecular complexity index is 1930. The Morgan fingerprint density at radius 2 is 1.91 bits per heavy atom. The lowest BCUT2D eigenvalue weighted by molar-refractivity contribution is -0.263. The van der Waals surface area contributed by atoms with Crippen molar-refractivity contribution in [1.82, 2.24) is 10.2 Å². The first-order valence-electron chi connectivity index (χ1n) is 18.1. The molecule has 3 aliphatic heterocycles. The van der Waals surface area contributed by atoms with Crippen molar-refractivity contribution in [3.63, 3.8) is 0 Å². The molecule has 57 heavy (non-hydrogen) atoms. The molecule has 14 nitrogen and oxygen atoms in total. The quantitative estimate of drug-likeness (QED) is 0.184. The Kier molecular flexibility index (Phi) is 13.0. The molecule has 18 heteroatoms. The fraction of sp³-hybridized carbons (Fsp3) is 0.513. The van der Waals surface area contributed by atoms with Crippen molar-refractivity contribution in [2.75, 3.05) is 38.9 Å². The molecule has 2 amide bonds. The number of methoxy groups -OCH3 is 2. The van der Waals surface area contributed by atoms with Crippen LogP contribution in [0.25, 0.3) is 0 Å².